The van der Waals surface area contributed by atoms with Gasteiger partial charge in [-0.15, -0.1) is 0 Å². The molecule has 0 unspecified atom stereocenters. The molecule has 2 amide bonds. The highest BCUT2D eigenvalue weighted by molar-refractivity contribution is 7.90. The Labute approximate surface area is 170 Å². The smallest absolute Gasteiger partial charge is 0.271 e. The monoisotopic (exact) mass is 424 g/mol. The lowest BCUT2D eigenvalue weighted by atomic mass is 9.49. The fraction of sp³-hybridized carbons (Fsp3) is 0.600. The molecule has 4 aliphatic carbocycles. The number of benzene rings is 1. The molecule has 4 aliphatic rings. The number of hydrogen-bond acceptors (Lipinski definition) is 4. The topological polar surface area (TPSA) is 92.3 Å². The largest absolute Gasteiger partial charge is 0.273 e. The Morgan fingerprint density at radius 1 is 1.07 bits per heavy atom. The van der Waals surface area contributed by atoms with Crippen molar-refractivity contribution in [3.63, 3.8) is 0 Å². The summed E-state index contributed by atoms with van der Waals surface area (Å²) in [5.74, 6) is 1.43. The summed E-state index contributed by atoms with van der Waals surface area (Å²) in [7, 11) is -3.46. The van der Waals surface area contributed by atoms with E-state index in [0.717, 1.165) is 43.3 Å². The van der Waals surface area contributed by atoms with E-state index in [-0.39, 0.29) is 26.8 Å². The average molecular weight is 425 g/mol. The zero-order valence-corrected chi connectivity index (χ0v) is 17.4. The summed E-state index contributed by atoms with van der Waals surface area (Å²) >= 11 is 6.03. The van der Waals surface area contributed by atoms with Crippen molar-refractivity contribution in [3.8, 4) is 0 Å². The molecule has 0 saturated heterocycles. The molecule has 1 aromatic carbocycles. The molecule has 0 radical (unpaired) electrons. The predicted octanol–water partition coefficient (Wildman–Crippen LogP) is 3.11. The Kier molecular flexibility index (Phi) is 4.94. The van der Waals surface area contributed by atoms with Crippen molar-refractivity contribution in [3.05, 3.63) is 28.8 Å². The van der Waals surface area contributed by atoms with Gasteiger partial charge in [-0.1, -0.05) is 11.6 Å². The summed E-state index contributed by atoms with van der Waals surface area (Å²) < 4.78 is 23.4. The number of nitrogens with one attached hydrogen (secondary N) is 2. The highest BCUT2D eigenvalue weighted by Crippen LogP contribution is 2.61. The van der Waals surface area contributed by atoms with Crippen molar-refractivity contribution in [2.75, 3.05) is 6.26 Å². The quantitative estimate of drug-likeness (QED) is 0.726. The van der Waals surface area contributed by atoms with Gasteiger partial charge in [0, 0.05) is 12.7 Å². The van der Waals surface area contributed by atoms with Gasteiger partial charge in [0.05, 0.1) is 15.5 Å². The zero-order chi connectivity index (χ0) is 20.1. The molecule has 152 valence electrons. The van der Waals surface area contributed by atoms with E-state index in [9.17, 15) is 18.0 Å². The number of hydrazine groups is 1. The molecule has 4 saturated carbocycles. The first kappa shape index (κ1) is 19.7. The standard InChI is InChI=1S/C20H25ClN2O4S/c1-28(26,27)15-2-3-17(21)16(7-15)19(25)23-22-18(24)11-20-8-12-4-13(9-20)6-14(5-12)10-20/h2-3,7,12-14H,4-6,8-11H2,1H3,(H,22,24)(H,23,25). The zero-order valence-electron chi connectivity index (χ0n) is 15.8. The molecule has 6 nitrogen and oxygen atoms in total. The SMILES string of the molecule is CS(=O)(=O)c1ccc(Cl)c(C(=O)NNC(=O)CC23CC4CC(CC(C4)C2)C3)c1. The van der Waals surface area contributed by atoms with E-state index in [0.29, 0.717) is 6.42 Å². The molecule has 4 fully saturated rings. The van der Waals surface area contributed by atoms with E-state index in [1.165, 1.54) is 37.5 Å². The van der Waals surface area contributed by atoms with Gasteiger partial charge in [-0.3, -0.25) is 20.4 Å². The molecule has 0 atom stereocenters. The van der Waals surface area contributed by atoms with E-state index < -0.39 is 15.7 Å². The van der Waals surface area contributed by atoms with Gasteiger partial charge in [-0.2, -0.15) is 0 Å². The molecule has 4 bridgehead atoms. The van der Waals surface area contributed by atoms with Gasteiger partial charge < -0.3 is 0 Å². The van der Waals surface area contributed by atoms with Crippen LogP contribution in [0.5, 0.6) is 0 Å². The number of hydrogen-bond donors (Lipinski definition) is 2. The number of sulfone groups is 1. The second-order valence-electron chi connectivity index (χ2n) is 9.01. The minimum atomic E-state index is -3.46. The van der Waals surface area contributed by atoms with Crippen LogP contribution in [0.2, 0.25) is 5.02 Å². The Hall–Kier alpha value is -1.60. The number of rotatable bonds is 4. The third kappa shape index (κ3) is 3.92. The summed E-state index contributed by atoms with van der Waals surface area (Å²) in [6.45, 7) is 0. The highest BCUT2D eigenvalue weighted by atomic mass is 35.5. The molecule has 28 heavy (non-hydrogen) atoms. The summed E-state index contributed by atoms with van der Waals surface area (Å²) in [4.78, 5) is 24.9. The van der Waals surface area contributed by atoms with Crippen molar-refractivity contribution in [1.82, 2.24) is 10.9 Å². The maximum absolute atomic E-state index is 12.5. The van der Waals surface area contributed by atoms with Gasteiger partial charge in [0.25, 0.3) is 5.91 Å². The minimum Gasteiger partial charge on any atom is -0.273 e. The summed E-state index contributed by atoms with van der Waals surface area (Å²) in [5, 5.41) is 0.125. The van der Waals surface area contributed by atoms with E-state index in [2.05, 4.69) is 10.9 Å². The molecule has 0 spiro atoms. The van der Waals surface area contributed by atoms with Crippen molar-refractivity contribution in [1.29, 1.82) is 0 Å². The van der Waals surface area contributed by atoms with Crippen molar-refractivity contribution >= 4 is 33.3 Å². The summed E-state index contributed by atoms with van der Waals surface area (Å²) in [6, 6.07) is 3.93. The van der Waals surface area contributed by atoms with Crippen molar-refractivity contribution < 1.29 is 18.0 Å². The van der Waals surface area contributed by atoms with Crippen LogP contribution in [0.15, 0.2) is 23.1 Å². The van der Waals surface area contributed by atoms with Crippen molar-refractivity contribution in [2.24, 2.45) is 23.2 Å². The van der Waals surface area contributed by atoms with Gasteiger partial charge in [0.2, 0.25) is 5.91 Å². The fourth-order valence-electron chi connectivity index (χ4n) is 5.99. The molecule has 5 rings (SSSR count). The molecule has 0 heterocycles. The van der Waals surface area contributed by atoms with E-state index in [4.69, 9.17) is 11.6 Å². The number of halogens is 1. The van der Waals surface area contributed by atoms with Crippen LogP contribution in [0.3, 0.4) is 0 Å². The van der Waals surface area contributed by atoms with Crippen LogP contribution in [0.4, 0.5) is 0 Å². The van der Waals surface area contributed by atoms with Crippen molar-refractivity contribution in [2.45, 2.75) is 49.8 Å². The van der Waals surface area contributed by atoms with E-state index in [1.54, 1.807) is 0 Å². The van der Waals surface area contributed by atoms with Crippen LogP contribution in [0.25, 0.3) is 0 Å². The lowest BCUT2D eigenvalue weighted by molar-refractivity contribution is -0.130. The van der Waals surface area contributed by atoms with Crippen LogP contribution in [-0.4, -0.2) is 26.5 Å². The second kappa shape index (κ2) is 7.02. The van der Waals surface area contributed by atoms with E-state index in [1.807, 2.05) is 0 Å². The Bertz CT molecular complexity index is 893. The predicted molar refractivity (Wildman–Crippen MR) is 105 cm³/mol. The lowest BCUT2D eigenvalue weighted by Crippen LogP contribution is -2.50. The maximum atomic E-state index is 12.5. The maximum Gasteiger partial charge on any atom is 0.271 e. The third-order valence-corrected chi connectivity index (χ3v) is 8.07. The third-order valence-electron chi connectivity index (χ3n) is 6.63. The minimum absolute atomic E-state index is 0.00180. The van der Waals surface area contributed by atoms with Crippen LogP contribution in [-0.2, 0) is 14.6 Å². The molecule has 0 aliphatic heterocycles. The molecule has 8 heteroatoms. The first-order valence-corrected chi connectivity index (χ1v) is 12.0. The van der Waals surface area contributed by atoms with Gasteiger partial charge in [-0.05, 0) is 79.9 Å². The van der Waals surface area contributed by atoms with Gasteiger partial charge >= 0.3 is 0 Å². The molecular weight excluding hydrogens is 400 g/mol. The van der Waals surface area contributed by atoms with Gasteiger partial charge in [0.1, 0.15) is 0 Å². The Morgan fingerprint density at radius 3 is 2.18 bits per heavy atom. The molecule has 0 aromatic heterocycles. The highest BCUT2D eigenvalue weighted by Gasteiger charge is 2.51. The normalized spacial score (nSPS) is 30.9. The Morgan fingerprint density at radius 2 is 1.64 bits per heavy atom. The molecular formula is C20H25ClN2O4S. The van der Waals surface area contributed by atoms with Crippen LogP contribution in [0.1, 0.15) is 55.3 Å². The first-order chi connectivity index (χ1) is 13.1. The Balaban J connectivity index is 1.38. The second-order valence-corrected chi connectivity index (χ2v) is 11.4. The first-order valence-electron chi connectivity index (χ1n) is 9.72. The van der Waals surface area contributed by atoms with Gasteiger partial charge in [0.15, 0.2) is 9.84 Å². The van der Waals surface area contributed by atoms with Gasteiger partial charge in [-0.25, -0.2) is 8.42 Å². The number of amides is 2. The fourth-order valence-corrected chi connectivity index (χ4v) is 6.84. The van der Waals surface area contributed by atoms with Crippen LogP contribution in [0, 0.1) is 23.2 Å². The number of carbonyl (C=O) groups excluding carboxylic acids is 2. The molecule has 1 aromatic rings. The number of carbonyl (C=O) groups is 2. The molecule has 2 N–H and O–H groups in total. The van der Waals surface area contributed by atoms with E-state index >= 15 is 0 Å². The summed E-state index contributed by atoms with van der Waals surface area (Å²) in [6.07, 6.45) is 8.76. The van der Waals surface area contributed by atoms with Crippen LogP contribution >= 0.6 is 11.6 Å². The average Bonchev–Trinajstić information content (AvgIpc) is 2.57. The summed E-state index contributed by atoms with van der Waals surface area (Å²) in [5.41, 5.74) is 4.97. The van der Waals surface area contributed by atoms with Crippen LogP contribution < -0.4 is 10.9 Å². The lowest BCUT2D eigenvalue weighted by Gasteiger charge is -2.56.